The standard InChI is InChI=1S/C17H11N7/c18-10-12(16-21-15-7-4-8-19-17(15)22-16)9-13-11-20-24(23-13)14-5-2-1-3-6-14/h1-9,11H,(H,19,21,22)/b12-9+. The van der Waals surface area contributed by atoms with Crippen LogP contribution in [0.5, 0.6) is 0 Å². The SMILES string of the molecule is N#C/C(=C\c1cnn(-c2ccccc2)n1)c1nc2ncccc2[nH]1. The highest BCUT2D eigenvalue weighted by Crippen LogP contribution is 2.17. The molecule has 1 N–H and O–H groups in total. The fourth-order valence-corrected chi connectivity index (χ4v) is 2.30. The number of aromatic amines is 1. The highest BCUT2D eigenvalue weighted by atomic mass is 15.5. The molecule has 0 bridgehead atoms. The lowest BCUT2D eigenvalue weighted by atomic mass is 10.2. The zero-order valence-corrected chi connectivity index (χ0v) is 12.5. The predicted octanol–water partition coefficient (Wildman–Crippen LogP) is 2.60. The Kier molecular flexibility index (Phi) is 3.33. The van der Waals surface area contributed by atoms with E-state index in [1.54, 1.807) is 18.5 Å². The summed E-state index contributed by atoms with van der Waals surface area (Å²) in [6.07, 6.45) is 4.91. The summed E-state index contributed by atoms with van der Waals surface area (Å²) in [7, 11) is 0. The Morgan fingerprint density at radius 3 is 2.83 bits per heavy atom. The van der Waals surface area contributed by atoms with Crippen molar-refractivity contribution in [2.75, 3.05) is 0 Å². The number of hydrogen-bond donors (Lipinski definition) is 1. The number of pyridine rings is 1. The maximum atomic E-state index is 9.44. The number of H-pyrrole nitrogens is 1. The molecule has 0 saturated heterocycles. The monoisotopic (exact) mass is 313 g/mol. The van der Waals surface area contributed by atoms with Gasteiger partial charge in [-0.1, -0.05) is 18.2 Å². The molecule has 0 aliphatic carbocycles. The third-order valence-electron chi connectivity index (χ3n) is 3.42. The third-order valence-corrected chi connectivity index (χ3v) is 3.42. The minimum Gasteiger partial charge on any atom is -0.336 e. The van der Waals surface area contributed by atoms with Crippen LogP contribution >= 0.6 is 0 Å². The van der Waals surface area contributed by atoms with Gasteiger partial charge in [0.25, 0.3) is 0 Å². The van der Waals surface area contributed by atoms with Gasteiger partial charge in [-0.3, -0.25) is 0 Å². The van der Waals surface area contributed by atoms with E-state index in [2.05, 4.69) is 31.2 Å². The summed E-state index contributed by atoms with van der Waals surface area (Å²) in [6.45, 7) is 0. The summed E-state index contributed by atoms with van der Waals surface area (Å²) >= 11 is 0. The highest BCUT2D eigenvalue weighted by Gasteiger charge is 2.09. The second kappa shape index (κ2) is 5.78. The number of nitrogens with zero attached hydrogens (tertiary/aromatic N) is 6. The van der Waals surface area contributed by atoms with Crippen LogP contribution in [0.2, 0.25) is 0 Å². The molecule has 24 heavy (non-hydrogen) atoms. The Morgan fingerprint density at radius 2 is 2.04 bits per heavy atom. The summed E-state index contributed by atoms with van der Waals surface area (Å²) in [5, 5.41) is 18.0. The Hall–Kier alpha value is -3.79. The molecule has 0 amide bonds. The van der Waals surface area contributed by atoms with Crippen LogP contribution in [-0.4, -0.2) is 29.9 Å². The van der Waals surface area contributed by atoms with E-state index >= 15 is 0 Å². The van der Waals surface area contributed by atoms with Crippen LogP contribution in [0.3, 0.4) is 0 Å². The third kappa shape index (κ3) is 2.53. The molecule has 0 aliphatic rings. The first-order valence-corrected chi connectivity index (χ1v) is 7.24. The van der Waals surface area contributed by atoms with E-state index in [1.165, 1.54) is 4.80 Å². The van der Waals surface area contributed by atoms with Gasteiger partial charge in [0.1, 0.15) is 11.8 Å². The van der Waals surface area contributed by atoms with E-state index in [4.69, 9.17) is 0 Å². The van der Waals surface area contributed by atoms with Gasteiger partial charge >= 0.3 is 0 Å². The van der Waals surface area contributed by atoms with Gasteiger partial charge in [-0.2, -0.15) is 15.2 Å². The average molecular weight is 313 g/mol. The lowest BCUT2D eigenvalue weighted by molar-refractivity contribution is 0.750. The second-order valence-corrected chi connectivity index (χ2v) is 5.02. The molecule has 1 aromatic carbocycles. The zero-order valence-electron chi connectivity index (χ0n) is 12.5. The molecule has 0 radical (unpaired) electrons. The number of imidazole rings is 1. The van der Waals surface area contributed by atoms with E-state index in [-0.39, 0.29) is 0 Å². The number of fused-ring (bicyclic) bond motifs is 1. The molecule has 3 aromatic heterocycles. The molecule has 0 atom stereocenters. The van der Waals surface area contributed by atoms with Crippen LogP contribution in [0.25, 0.3) is 28.5 Å². The van der Waals surface area contributed by atoms with Crippen molar-refractivity contribution in [1.29, 1.82) is 5.26 Å². The Labute approximate surface area is 136 Å². The van der Waals surface area contributed by atoms with E-state index < -0.39 is 0 Å². The number of nitrogens with one attached hydrogen (secondary N) is 1. The van der Waals surface area contributed by atoms with E-state index in [0.717, 1.165) is 11.2 Å². The lowest BCUT2D eigenvalue weighted by Gasteiger charge is -1.96. The van der Waals surface area contributed by atoms with Crippen molar-refractivity contribution in [2.45, 2.75) is 0 Å². The topological polar surface area (TPSA) is 96.1 Å². The number of hydrogen-bond acceptors (Lipinski definition) is 5. The van der Waals surface area contributed by atoms with Crippen molar-refractivity contribution in [3.8, 4) is 11.8 Å². The molecule has 0 unspecified atom stereocenters. The van der Waals surface area contributed by atoms with Crippen LogP contribution in [0.4, 0.5) is 0 Å². The number of aromatic nitrogens is 6. The predicted molar refractivity (Wildman–Crippen MR) is 88.7 cm³/mol. The van der Waals surface area contributed by atoms with Gasteiger partial charge in [-0.05, 0) is 30.3 Å². The van der Waals surface area contributed by atoms with Gasteiger partial charge in [0.15, 0.2) is 11.5 Å². The first-order valence-electron chi connectivity index (χ1n) is 7.24. The molecule has 114 valence electrons. The van der Waals surface area contributed by atoms with Crippen LogP contribution in [0, 0.1) is 11.3 Å². The van der Waals surface area contributed by atoms with Gasteiger partial charge in [-0.25, -0.2) is 9.97 Å². The Morgan fingerprint density at radius 1 is 1.17 bits per heavy atom. The average Bonchev–Trinajstić information content (AvgIpc) is 3.27. The van der Waals surface area contributed by atoms with E-state index in [1.807, 2.05) is 42.5 Å². The van der Waals surface area contributed by atoms with E-state index in [9.17, 15) is 5.26 Å². The van der Waals surface area contributed by atoms with Gasteiger partial charge in [-0.15, -0.1) is 5.10 Å². The number of para-hydroxylation sites is 1. The number of rotatable bonds is 3. The molecular weight excluding hydrogens is 302 g/mol. The lowest BCUT2D eigenvalue weighted by Crippen LogP contribution is -1.97. The molecule has 4 aromatic rings. The summed E-state index contributed by atoms with van der Waals surface area (Å²) in [4.78, 5) is 13.1. The van der Waals surface area contributed by atoms with Crippen LogP contribution in [-0.2, 0) is 0 Å². The number of allylic oxidation sites excluding steroid dienone is 1. The summed E-state index contributed by atoms with van der Waals surface area (Å²) in [5.41, 5.74) is 3.14. The maximum absolute atomic E-state index is 9.44. The van der Waals surface area contributed by atoms with Crippen molar-refractivity contribution >= 4 is 22.8 Å². The minimum absolute atomic E-state index is 0.369. The van der Waals surface area contributed by atoms with E-state index in [0.29, 0.717) is 22.7 Å². The van der Waals surface area contributed by atoms with Crippen LogP contribution in [0.15, 0.2) is 54.9 Å². The fraction of sp³-hybridized carbons (Fsp3) is 0. The summed E-state index contributed by atoms with van der Waals surface area (Å²) in [5.74, 6) is 0.459. The van der Waals surface area contributed by atoms with Crippen LogP contribution < -0.4 is 0 Å². The molecule has 0 spiro atoms. The van der Waals surface area contributed by atoms with Crippen molar-refractivity contribution in [2.24, 2.45) is 0 Å². The van der Waals surface area contributed by atoms with Gasteiger partial charge in [0.05, 0.1) is 23.0 Å². The molecule has 0 saturated carbocycles. The van der Waals surface area contributed by atoms with Crippen molar-refractivity contribution in [1.82, 2.24) is 29.9 Å². The van der Waals surface area contributed by atoms with Crippen molar-refractivity contribution in [3.05, 3.63) is 66.4 Å². The maximum Gasteiger partial charge on any atom is 0.178 e. The summed E-state index contributed by atoms with van der Waals surface area (Å²) in [6, 6.07) is 15.4. The minimum atomic E-state index is 0.369. The highest BCUT2D eigenvalue weighted by molar-refractivity contribution is 5.88. The fourth-order valence-electron chi connectivity index (χ4n) is 2.30. The first kappa shape index (κ1) is 13.8. The molecule has 3 heterocycles. The zero-order chi connectivity index (χ0) is 16.4. The van der Waals surface area contributed by atoms with Crippen molar-refractivity contribution in [3.63, 3.8) is 0 Å². The molecular formula is C17H11N7. The molecule has 0 fully saturated rings. The normalized spacial score (nSPS) is 11.5. The van der Waals surface area contributed by atoms with Gasteiger partial charge < -0.3 is 4.98 Å². The largest absolute Gasteiger partial charge is 0.336 e. The van der Waals surface area contributed by atoms with Crippen LogP contribution in [0.1, 0.15) is 11.5 Å². The molecule has 7 nitrogen and oxygen atoms in total. The number of nitriles is 1. The number of benzene rings is 1. The molecule has 4 rings (SSSR count). The Balaban J connectivity index is 1.71. The summed E-state index contributed by atoms with van der Waals surface area (Å²) < 4.78 is 0. The second-order valence-electron chi connectivity index (χ2n) is 5.02. The van der Waals surface area contributed by atoms with Gasteiger partial charge in [0.2, 0.25) is 0 Å². The molecule has 0 aliphatic heterocycles. The molecule has 7 heteroatoms. The van der Waals surface area contributed by atoms with Crippen molar-refractivity contribution < 1.29 is 0 Å². The first-order chi connectivity index (χ1) is 11.8. The van der Waals surface area contributed by atoms with Gasteiger partial charge in [0, 0.05) is 6.20 Å². The quantitative estimate of drug-likeness (QED) is 0.586. The Bertz CT molecular complexity index is 1030. The smallest absolute Gasteiger partial charge is 0.178 e.